The summed E-state index contributed by atoms with van der Waals surface area (Å²) in [5.74, 6) is 1.64. The first kappa shape index (κ1) is 16.5. The second kappa shape index (κ2) is 9.18. The molecule has 0 saturated carbocycles. The van der Waals surface area contributed by atoms with Crippen LogP contribution in [-0.2, 0) is 4.74 Å². The molecule has 3 nitrogen and oxygen atoms in total. The molecule has 0 fully saturated rings. The van der Waals surface area contributed by atoms with Gasteiger partial charge in [0.15, 0.2) is 0 Å². The van der Waals surface area contributed by atoms with E-state index < -0.39 is 6.67 Å². The molecule has 2 rings (SSSR count). The van der Waals surface area contributed by atoms with Crippen LogP contribution in [0.4, 0.5) is 4.39 Å². The molecule has 2 aromatic rings. The van der Waals surface area contributed by atoms with E-state index in [0.717, 1.165) is 11.5 Å². The Morgan fingerprint density at radius 3 is 2.32 bits per heavy atom. The van der Waals surface area contributed by atoms with E-state index in [1.165, 1.54) is 5.56 Å². The molecule has 4 heteroatoms. The van der Waals surface area contributed by atoms with Crippen molar-refractivity contribution in [2.75, 3.05) is 26.4 Å². The number of nitrogens with one attached hydrogen (secondary N) is 1. The number of halogens is 1. The lowest BCUT2D eigenvalue weighted by Gasteiger charge is -2.15. The van der Waals surface area contributed by atoms with Gasteiger partial charge in [0.05, 0.1) is 13.2 Å². The number of ether oxygens (including phenoxy) is 2. The molecule has 0 aromatic heterocycles. The summed E-state index contributed by atoms with van der Waals surface area (Å²) < 4.78 is 22.7. The Labute approximate surface area is 131 Å². The maximum atomic E-state index is 11.9. The Kier molecular flexibility index (Phi) is 6.87. The van der Waals surface area contributed by atoms with Crippen LogP contribution >= 0.6 is 0 Å². The standard InChI is InChI=1S/C18H22FNO2/c1-15(20-12-14-21-13-11-19)16-7-9-18(10-8-16)22-17-5-3-2-4-6-17/h2-10,15,20H,11-14H2,1H3. The number of rotatable bonds is 9. The van der Waals surface area contributed by atoms with Crippen LogP contribution in [0, 0.1) is 0 Å². The van der Waals surface area contributed by atoms with Gasteiger partial charge in [0.1, 0.15) is 18.2 Å². The Hall–Kier alpha value is -1.91. The zero-order valence-electron chi connectivity index (χ0n) is 12.8. The van der Waals surface area contributed by atoms with E-state index in [2.05, 4.69) is 12.2 Å². The van der Waals surface area contributed by atoms with E-state index >= 15 is 0 Å². The average molecular weight is 303 g/mol. The molecule has 1 unspecified atom stereocenters. The molecular formula is C18H22FNO2. The Morgan fingerprint density at radius 2 is 1.64 bits per heavy atom. The van der Waals surface area contributed by atoms with Crippen molar-refractivity contribution in [3.63, 3.8) is 0 Å². The summed E-state index contributed by atoms with van der Waals surface area (Å²) in [7, 11) is 0. The molecule has 0 aliphatic carbocycles. The molecular weight excluding hydrogens is 281 g/mol. The van der Waals surface area contributed by atoms with Crippen LogP contribution in [0.5, 0.6) is 11.5 Å². The Bertz CT molecular complexity index is 531. The number of alkyl halides is 1. The van der Waals surface area contributed by atoms with Crippen LogP contribution in [0.25, 0.3) is 0 Å². The summed E-state index contributed by atoms with van der Waals surface area (Å²) in [6, 6.07) is 17.9. The van der Waals surface area contributed by atoms with Crippen molar-refractivity contribution >= 4 is 0 Å². The highest BCUT2D eigenvalue weighted by Crippen LogP contribution is 2.23. The van der Waals surface area contributed by atoms with Crippen LogP contribution in [0.2, 0.25) is 0 Å². The van der Waals surface area contributed by atoms with Gasteiger partial charge in [0.2, 0.25) is 0 Å². The first-order valence-electron chi connectivity index (χ1n) is 7.49. The minimum atomic E-state index is -0.432. The fourth-order valence-electron chi connectivity index (χ4n) is 2.07. The van der Waals surface area contributed by atoms with Crippen molar-refractivity contribution in [1.29, 1.82) is 0 Å². The first-order valence-corrected chi connectivity index (χ1v) is 7.49. The summed E-state index contributed by atoms with van der Waals surface area (Å²) in [6.45, 7) is 3.04. The number of hydrogen-bond acceptors (Lipinski definition) is 3. The minimum absolute atomic E-state index is 0.168. The van der Waals surface area contributed by atoms with Crippen molar-refractivity contribution in [2.24, 2.45) is 0 Å². The lowest BCUT2D eigenvalue weighted by molar-refractivity contribution is 0.119. The third-order valence-corrected chi connectivity index (χ3v) is 3.28. The van der Waals surface area contributed by atoms with E-state index in [1.54, 1.807) is 0 Å². The quantitative estimate of drug-likeness (QED) is 0.707. The molecule has 118 valence electrons. The maximum Gasteiger partial charge on any atom is 0.127 e. The molecule has 0 amide bonds. The topological polar surface area (TPSA) is 30.5 Å². The Balaban J connectivity index is 1.80. The second-order valence-electron chi connectivity index (χ2n) is 4.96. The normalized spacial score (nSPS) is 12.1. The smallest absolute Gasteiger partial charge is 0.127 e. The second-order valence-corrected chi connectivity index (χ2v) is 4.96. The predicted molar refractivity (Wildman–Crippen MR) is 86.2 cm³/mol. The SMILES string of the molecule is CC(NCCOCCF)c1ccc(Oc2ccccc2)cc1. The van der Waals surface area contributed by atoms with E-state index in [9.17, 15) is 4.39 Å². The molecule has 0 saturated heterocycles. The third kappa shape index (κ3) is 5.47. The summed E-state index contributed by atoms with van der Waals surface area (Å²) in [5, 5.41) is 3.34. The van der Waals surface area contributed by atoms with Gasteiger partial charge in [-0.1, -0.05) is 30.3 Å². The van der Waals surface area contributed by atoms with E-state index in [0.29, 0.717) is 13.2 Å². The summed E-state index contributed by atoms with van der Waals surface area (Å²) >= 11 is 0. The van der Waals surface area contributed by atoms with Gasteiger partial charge in [-0.3, -0.25) is 0 Å². The van der Waals surface area contributed by atoms with Crippen LogP contribution in [0.1, 0.15) is 18.5 Å². The lowest BCUT2D eigenvalue weighted by Crippen LogP contribution is -2.23. The average Bonchev–Trinajstić information content (AvgIpc) is 2.56. The monoisotopic (exact) mass is 303 g/mol. The molecule has 0 aliphatic heterocycles. The zero-order valence-corrected chi connectivity index (χ0v) is 12.8. The van der Waals surface area contributed by atoms with Gasteiger partial charge in [-0.15, -0.1) is 0 Å². The molecule has 0 bridgehead atoms. The van der Waals surface area contributed by atoms with Gasteiger partial charge in [-0.2, -0.15) is 0 Å². The van der Waals surface area contributed by atoms with E-state index in [-0.39, 0.29) is 12.6 Å². The molecule has 0 heterocycles. The molecule has 0 radical (unpaired) electrons. The third-order valence-electron chi connectivity index (χ3n) is 3.28. The zero-order chi connectivity index (χ0) is 15.6. The van der Waals surface area contributed by atoms with Gasteiger partial charge in [0.25, 0.3) is 0 Å². The van der Waals surface area contributed by atoms with Crippen LogP contribution < -0.4 is 10.1 Å². The van der Waals surface area contributed by atoms with E-state index in [1.807, 2.05) is 54.6 Å². The van der Waals surface area contributed by atoms with Crippen LogP contribution in [0.15, 0.2) is 54.6 Å². The van der Waals surface area contributed by atoms with Crippen LogP contribution in [-0.4, -0.2) is 26.4 Å². The van der Waals surface area contributed by atoms with Crippen LogP contribution in [0.3, 0.4) is 0 Å². The lowest BCUT2D eigenvalue weighted by atomic mass is 10.1. The number of para-hydroxylation sites is 1. The highest BCUT2D eigenvalue weighted by molar-refractivity contribution is 5.33. The van der Waals surface area contributed by atoms with Crippen molar-refractivity contribution in [3.05, 3.63) is 60.2 Å². The largest absolute Gasteiger partial charge is 0.457 e. The minimum Gasteiger partial charge on any atom is -0.457 e. The number of hydrogen-bond donors (Lipinski definition) is 1. The molecule has 1 atom stereocenters. The van der Waals surface area contributed by atoms with Gasteiger partial charge in [0, 0.05) is 12.6 Å². The first-order chi connectivity index (χ1) is 10.8. The van der Waals surface area contributed by atoms with Gasteiger partial charge >= 0.3 is 0 Å². The van der Waals surface area contributed by atoms with Crippen molar-refractivity contribution in [3.8, 4) is 11.5 Å². The van der Waals surface area contributed by atoms with Gasteiger partial charge in [-0.25, -0.2) is 4.39 Å². The van der Waals surface area contributed by atoms with Gasteiger partial charge < -0.3 is 14.8 Å². The molecule has 0 spiro atoms. The highest BCUT2D eigenvalue weighted by atomic mass is 19.1. The van der Waals surface area contributed by atoms with Crippen molar-refractivity contribution < 1.29 is 13.9 Å². The fourth-order valence-corrected chi connectivity index (χ4v) is 2.07. The highest BCUT2D eigenvalue weighted by Gasteiger charge is 2.05. The van der Waals surface area contributed by atoms with E-state index in [4.69, 9.17) is 9.47 Å². The Morgan fingerprint density at radius 1 is 0.955 bits per heavy atom. The molecule has 1 N–H and O–H groups in total. The number of benzene rings is 2. The summed E-state index contributed by atoms with van der Waals surface area (Å²) in [5.41, 5.74) is 1.17. The molecule has 0 aliphatic rings. The molecule has 22 heavy (non-hydrogen) atoms. The maximum absolute atomic E-state index is 11.9. The summed E-state index contributed by atoms with van der Waals surface area (Å²) in [4.78, 5) is 0. The molecule has 2 aromatic carbocycles. The van der Waals surface area contributed by atoms with Crippen molar-refractivity contribution in [1.82, 2.24) is 5.32 Å². The predicted octanol–water partition coefficient (Wildman–Crippen LogP) is 4.12. The van der Waals surface area contributed by atoms with Gasteiger partial charge in [-0.05, 0) is 36.8 Å². The summed E-state index contributed by atoms with van der Waals surface area (Å²) in [6.07, 6.45) is 0. The fraction of sp³-hybridized carbons (Fsp3) is 0.333. The van der Waals surface area contributed by atoms with Crippen molar-refractivity contribution in [2.45, 2.75) is 13.0 Å².